The second-order valence-electron chi connectivity index (χ2n) is 5.25. The van der Waals surface area contributed by atoms with Gasteiger partial charge in [-0.15, -0.1) is 0 Å². The molecule has 2 amide bonds. The quantitative estimate of drug-likeness (QED) is 0.720. The van der Waals surface area contributed by atoms with Gasteiger partial charge in [-0.2, -0.15) is 0 Å². The maximum atomic E-state index is 12.1. The fourth-order valence-corrected chi connectivity index (χ4v) is 2.25. The van der Waals surface area contributed by atoms with Gasteiger partial charge in [0.1, 0.15) is 5.69 Å². The van der Waals surface area contributed by atoms with Gasteiger partial charge in [0.05, 0.1) is 5.52 Å². The summed E-state index contributed by atoms with van der Waals surface area (Å²) in [4.78, 5) is 32.1. The fourth-order valence-electron chi connectivity index (χ4n) is 2.25. The molecule has 120 valence electrons. The van der Waals surface area contributed by atoms with Crippen LogP contribution in [-0.2, 0) is 11.2 Å². The molecular formula is C18H16N4O2. The van der Waals surface area contributed by atoms with E-state index in [9.17, 15) is 9.59 Å². The molecule has 0 radical (unpaired) electrons. The van der Waals surface area contributed by atoms with E-state index in [1.807, 2.05) is 42.5 Å². The summed E-state index contributed by atoms with van der Waals surface area (Å²) in [6.45, 7) is 0. The number of hydrogen-bond acceptors (Lipinski definition) is 4. The smallest absolute Gasteiger partial charge is 0.273 e. The van der Waals surface area contributed by atoms with Crippen molar-refractivity contribution in [2.24, 2.45) is 0 Å². The molecule has 0 saturated carbocycles. The van der Waals surface area contributed by atoms with Crippen LogP contribution >= 0.6 is 0 Å². The monoisotopic (exact) mass is 320 g/mol. The van der Waals surface area contributed by atoms with Crippen molar-refractivity contribution in [1.29, 1.82) is 0 Å². The molecule has 24 heavy (non-hydrogen) atoms. The lowest BCUT2D eigenvalue weighted by molar-refractivity contribution is -0.121. The molecule has 0 aliphatic carbocycles. The molecule has 6 nitrogen and oxygen atoms in total. The van der Waals surface area contributed by atoms with Gasteiger partial charge in [-0.3, -0.25) is 25.4 Å². The van der Waals surface area contributed by atoms with E-state index in [1.165, 1.54) is 0 Å². The third-order valence-electron chi connectivity index (χ3n) is 3.51. The van der Waals surface area contributed by atoms with Crippen LogP contribution in [0, 0.1) is 0 Å². The van der Waals surface area contributed by atoms with Crippen molar-refractivity contribution in [1.82, 2.24) is 20.8 Å². The van der Waals surface area contributed by atoms with Crippen LogP contribution in [0.1, 0.15) is 22.5 Å². The molecule has 0 unspecified atom stereocenters. The van der Waals surface area contributed by atoms with Gasteiger partial charge in [-0.1, -0.05) is 30.3 Å². The Kier molecular flexibility index (Phi) is 4.76. The molecule has 1 aromatic carbocycles. The summed E-state index contributed by atoms with van der Waals surface area (Å²) >= 11 is 0. The van der Waals surface area contributed by atoms with Crippen LogP contribution in [0.25, 0.3) is 10.9 Å². The number of carbonyl (C=O) groups excluding carboxylic acids is 2. The molecule has 3 rings (SSSR count). The predicted octanol–water partition coefficient (Wildman–Crippen LogP) is 2.02. The van der Waals surface area contributed by atoms with E-state index in [-0.39, 0.29) is 18.0 Å². The highest BCUT2D eigenvalue weighted by molar-refractivity contribution is 5.95. The standard InChI is InChI=1S/C18H16N4O2/c23-17(10-7-13-4-3-11-19-12-13)21-22-18(24)16-9-8-14-5-1-2-6-15(14)20-16/h1-6,8-9,11-12H,7,10H2,(H,21,23)(H,22,24). The summed E-state index contributed by atoms with van der Waals surface area (Å²) in [5.41, 5.74) is 6.73. The topological polar surface area (TPSA) is 84.0 Å². The van der Waals surface area contributed by atoms with Gasteiger partial charge in [-0.25, -0.2) is 4.98 Å². The Bertz CT molecular complexity index is 865. The maximum absolute atomic E-state index is 12.1. The fraction of sp³-hybridized carbons (Fsp3) is 0.111. The predicted molar refractivity (Wildman–Crippen MR) is 89.9 cm³/mol. The van der Waals surface area contributed by atoms with Crippen LogP contribution in [-0.4, -0.2) is 21.8 Å². The molecule has 0 spiro atoms. The summed E-state index contributed by atoms with van der Waals surface area (Å²) in [6.07, 6.45) is 4.21. The third kappa shape index (κ3) is 3.92. The number of hydrogen-bond donors (Lipinski definition) is 2. The lowest BCUT2D eigenvalue weighted by Crippen LogP contribution is -2.42. The van der Waals surface area contributed by atoms with Gasteiger partial charge < -0.3 is 0 Å². The molecule has 3 aromatic rings. The van der Waals surface area contributed by atoms with Crippen LogP contribution < -0.4 is 10.9 Å². The Labute approximate surface area is 138 Å². The number of nitrogens with zero attached hydrogens (tertiary/aromatic N) is 2. The third-order valence-corrected chi connectivity index (χ3v) is 3.51. The molecule has 2 heterocycles. The van der Waals surface area contributed by atoms with Crippen molar-refractivity contribution < 1.29 is 9.59 Å². The van der Waals surface area contributed by atoms with Gasteiger partial charge in [0.25, 0.3) is 5.91 Å². The van der Waals surface area contributed by atoms with Crippen molar-refractivity contribution in [3.05, 3.63) is 72.2 Å². The average molecular weight is 320 g/mol. The first kappa shape index (κ1) is 15.6. The molecular weight excluding hydrogens is 304 g/mol. The Hall–Kier alpha value is -3.28. The minimum atomic E-state index is -0.449. The molecule has 2 aromatic heterocycles. The highest BCUT2D eigenvalue weighted by atomic mass is 16.2. The number of carbonyl (C=O) groups is 2. The first-order chi connectivity index (χ1) is 11.7. The molecule has 0 bridgehead atoms. The van der Waals surface area contributed by atoms with Gasteiger partial charge in [0.2, 0.25) is 5.91 Å². The lowest BCUT2D eigenvalue weighted by atomic mass is 10.1. The molecule has 6 heteroatoms. The zero-order valence-electron chi connectivity index (χ0n) is 12.9. The van der Waals surface area contributed by atoms with Crippen LogP contribution in [0.4, 0.5) is 0 Å². The molecule has 0 aliphatic heterocycles. The highest BCUT2D eigenvalue weighted by Crippen LogP contribution is 2.11. The number of aryl methyl sites for hydroxylation is 1. The number of hydrazine groups is 1. The summed E-state index contributed by atoms with van der Waals surface area (Å²) in [7, 11) is 0. The zero-order chi connectivity index (χ0) is 16.8. The zero-order valence-corrected chi connectivity index (χ0v) is 12.9. The Morgan fingerprint density at radius 1 is 0.958 bits per heavy atom. The van der Waals surface area contributed by atoms with E-state index in [0.717, 1.165) is 16.5 Å². The van der Waals surface area contributed by atoms with Crippen LogP contribution in [0.5, 0.6) is 0 Å². The Morgan fingerprint density at radius 3 is 2.67 bits per heavy atom. The molecule has 0 atom stereocenters. The number of nitrogens with one attached hydrogen (secondary N) is 2. The molecule has 0 saturated heterocycles. The van der Waals surface area contributed by atoms with Crippen molar-refractivity contribution in [3.8, 4) is 0 Å². The summed E-state index contributed by atoms with van der Waals surface area (Å²) < 4.78 is 0. The number of fused-ring (bicyclic) bond motifs is 1. The van der Waals surface area contributed by atoms with E-state index in [4.69, 9.17) is 0 Å². The number of aromatic nitrogens is 2. The van der Waals surface area contributed by atoms with E-state index in [1.54, 1.807) is 18.5 Å². The largest absolute Gasteiger partial charge is 0.288 e. The van der Waals surface area contributed by atoms with E-state index < -0.39 is 5.91 Å². The van der Waals surface area contributed by atoms with Crippen molar-refractivity contribution in [2.45, 2.75) is 12.8 Å². The number of amides is 2. The minimum absolute atomic E-state index is 0.251. The minimum Gasteiger partial charge on any atom is -0.273 e. The van der Waals surface area contributed by atoms with Gasteiger partial charge in [-0.05, 0) is 30.2 Å². The van der Waals surface area contributed by atoms with Crippen LogP contribution in [0.2, 0.25) is 0 Å². The normalized spacial score (nSPS) is 10.3. The van der Waals surface area contributed by atoms with Gasteiger partial charge in [0, 0.05) is 24.2 Å². The molecule has 0 aliphatic rings. The van der Waals surface area contributed by atoms with Gasteiger partial charge in [0.15, 0.2) is 0 Å². The number of rotatable bonds is 4. The van der Waals surface area contributed by atoms with E-state index in [0.29, 0.717) is 6.42 Å². The van der Waals surface area contributed by atoms with Crippen LogP contribution in [0.3, 0.4) is 0 Å². The van der Waals surface area contributed by atoms with Crippen LogP contribution in [0.15, 0.2) is 60.9 Å². The van der Waals surface area contributed by atoms with Crippen molar-refractivity contribution >= 4 is 22.7 Å². The number of para-hydroxylation sites is 1. The molecule has 0 fully saturated rings. The first-order valence-electron chi connectivity index (χ1n) is 7.56. The summed E-state index contributed by atoms with van der Waals surface area (Å²) in [5, 5.41) is 0.953. The van der Waals surface area contributed by atoms with E-state index in [2.05, 4.69) is 20.8 Å². The lowest BCUT2D eigenvalue weighted by Gasteiger charge is -2.07. The Balaban J connectivity index is 1.53. The Morgan fingerprint density at radius 2 is 1.83 bits per heavy atom. The summed E-state index contributed by atoms with van der Waals surface area (Å²) in [5.74, 6) is -0.719. The van der Waals surface area contributed by atoms with Crippen molar-refractivity contribution in [2.75, 3.05) is 0 Å². The number of benzene rings is 1. The highest BCUT2D eigenvalue weighted by Gasteiger charge is 2.09. The second-order valence-corrected chi connectivity index (χ2v) is 5.25. The SMILES string of the molecule is O=C(CCc1cccnc1)NNC(=O)c1ccc2ccccc2n1. The van der Waals surface area contributed by atoms with Gasteiger partial charge >= 0.3 is 0 Å². The average Bonchev–Trinajstić information content (AvgIpc) is 2.65. The second kappa shape index (κ2) is 7.32. The molecule has 2 N–H and O–H groups in total. The summed E-state index contributed by atoms with van der Waals surface area (Å²) in [6, 6.07) is 14.7. The van der Waals surface area contributed by atoms with Crippen molar-refractivity contribution in [3.63, 3.8) is 0 Å². The first-order valence-corrected chi connectivity index (χ1v) is 7.56. The van der Waals surface area contributed by atoms with E-state index >= 15 is 0 Å². The maximum Gasteiger partial charge on any atom is 0.288 e. The number of pyridine rings is 2.